The fourth-order valence-corrected chi connectivity index (χ4v) is 2.88. The van der Waals surface area contributed by atoms with Crippen LogP contribution in [-0.4, -0.2) is 5.78 Å². The highest BCUT2D eigenvalue weighted by atomic mass is 32.1. The third kappa shape index (κ3) is 2.44. The van der Waals surface area contributed by atoms with E-state index in [1.54, 1.807) is 6.92 Å². The maximum atomic E-state index is 11.9. The molecule has 0 atom stereocenters. The molecule has 92 valence electrons. The molecule has 2 rings (SSSR count). The van der Waals surface area contributed by atoms with Crippen molar-refractivity contribution in [2.75, 3.05) is 0 Å². The third-order valence-corrected chi connectivity index (χ3v) is 3.94. The predicted molar refractivity (Wildman–Crippen MR) is 78.4 cm³/mol. The lowest BCUT2D eigenvalue weighted by atomic mass is 10.0. The Bertz CT molecular complexity index is 603. The van der Waals surface area contributed by atoms with Gasteiger partial charge in [0.25, 0.3) is 0 Å². The Morgan fingerprint density at radius 3 is 2.33 bits per heavy atom. The van der Waals surface area contributed by atoms with Crippen molar-refractivity contribution in [3.63, 3.8) is 0 Å². The Hall–Kier alpha value is -1.67. The smallest absolute Gasteiger partial charge is 0.198 e. The van der Waals surface area contributed by atoms with Crippen LogP contribution >= 0.6 is 11.3 Å². The van der Waals surface area contributed by atoms with E-state index in [-0.39, 0.29) is 5.78 Å². The predicted octanol–water partition coefficient (Wildman–Crippen LogP) is 4.79. The van der Waals surface area contributed by atoms with Gasteiger partial charge in [0.05, 0.1) is 4.88 Å². The molecule has 2 heteroatoms. The van der Waals surface area contributed by atoms with Crippen LogP contribution in [0.15, 0.2) is 42.5 Å². The Morgan fingerprint density at radius 1 is 1.17 bits per heavy atom. The summed E-state index contributed by atoms with van der Waals surface area (Å²) in [6, 6.07) is 10.3. The number of thiophene rings is 1. The second-order valence-electron chi connectivity index (χ2n) is 4.56. The molecule has 0 saturated heterocycles. The fraction of sp³-hybridized carbons (Fsp3) is 0.188. The van der Waals surface area contributed by atoms with Crippen LogP contribution in [0.4, 0.5) is 0 Å². The molecular formula is C16H16OS. The van der Waals surface area contributed by atoms with E-state index in [9.17, 15) is 4.79 Å². The van der Waals surface area contributed by atoms with Crippen molar-refractivity contribution >= 4 is 17.1 Å². The summed E-state index contributed by atoms with van der Waals surface area (Å²) in [5, 5.41) is 0. The molecule has 0 unspecified atom stereocenters. The number of benzene rings is 1. The van der Waals surface area contributed by atoms with Crippen LogP contribution in [0, 0.1) is 13.8 Å². The molecule has 0 radical (unpaired) electrons. The summed E-state index contributed by atoms with van der Waals surface area (Å²) < 4.78 is 0. The van der Waals surface area contributed by atoms with Crippen molar-refractivity contribution < 1.29 is 4.79 Å². The fourth-order valence-electron chi connectivity index (χ4n) is 1.82. The zero-order chi connectivity index (χ0) is 13.3. The van der Waals surface area contributed by atoms with E-state index in [1.807, 2.05) is 6.07 Å². The lowest BCUT2D eigenvalue weighted by molar-refractivity contribution is 0.103. The average molecular weight is 256 g/mol. The monoisotopic (exact) mass is 256 g/mol. The molecule has 1 aromatic heterocycles. The number of carbonyl (C=O) groups is 1. The number of rotatable bonds is 3. The first kappa shape index (κ1) is 12.8. The minimum Gasteiger partial charge on any atom is -0.288 e. The van der Waals surface area contributed by atoms with E-state index < -0.39 is 0 Å². The molecule has 0 aliphatic carbocycles. The molecule has 0 bridgehead atoms. The van der Waals surface area contributed by atoms with E-state index >= 15 is 0 Å². The summed E-state index contributed by atoms with van der Waals surface area (Å²) >= 11 is 1.54. The highest BCUT2D eigenvalue weighted by Gasteiger charge is 2.13. The number of hydrogen-bond acceptors (Lipinski definition) is 2. The van der Waals surface area contributed by atoms with E-state index in [0.717, 1.165) is 16.0 Å². The lowest BCUT2D eigenvalue weighted by Crippen LogP contribution is -1.95. The molecule has 2 aromatic rings. The molecule has 0 amide bonds. The van der Waals surface area contributed by atoms with Crippen molar-refractivity contribution in [3.8, 4) is 11.1 Å². The zero-order valence-corrected chi connectivity index (χ0v) is 11.7. The van der Waals surface area contributed by atoms with Gasteiger partial charge in [-0.05, 0) is 43.5 Å². The van der Waals surface area contributed by atoms with Gasteiger partial charge < -0.3 is 0 Å². The van der Waals surface area contributed by atoms with Crippen molar-refractivity contribution in [2.24, 2.45) is 0 Å². The van der Waals surface area contributed by atoms with Crippen molar-refractivity contribution in [3.05, 3.63) is 57.8 Å². The first-order valence-electron chi connectivity index (χ1n) is 5.86. The van der Waals surface area contributed by atoms with Crippen LogP contribution < -0.4 is 0 Å². The van der Waals surface area contributed by atoms with Gasteiger partial charge >= 0.3 is 0 Å². The van der Waals surface area contributed by atoms with Crippen molar-refractivity contribution in [2.45, 2.75) is 20.8 Å². The second kappa shape index (κ2) is 4.91. The van der Waals surface area contributed by atoms with Gasteiger partial charge in [-0.2, -0.15) is 0 Å². The van der Waals surface area contributed by atoms with Gasteiger partial charge in [0, 0.05) is 4.88 Å². The van der Waals surface area contributed by atoms with Gasteiger partial charge in [-0.15, -0.1) is 11.3 Å². The maximum Gasteiger partial charge on any atom is 0.198 e. The normalized spacial score (nSPS) is 10.4. The third-order valence-electron chi connectivity index (χ3n) is 2.89. The molecule has 0 aliphatic rings. The lowest BCUT2D eigenvalue weighted by Gasteiger charge is -2.00. The first-order valence-corrected chi connectivity index (χ1v) is 6.68. The van der Waals surface area contributed by atoms with Crippen LogP contribution in [0.3, 0.4) is 0 Å². The number of carbonyl (C=O) groups excluding carboxylic acids is 1. The van der Waals surface area contributed by atoms with E-state index in [1.165, 1.54) is 21.8 Å². The Labute approximate surface area is 112 Å². The number of hydrogen-bond donors (Lipinski definition) is 0. The van der Waals surface area contributed by atoms with Crippen molar-refractivity contribution in [1.82, 2.24) is 0 Å². The van der Waals surface area contributed by atoms with Crippen LogP contribution in [0.5, 0.6) is 0 Å². The van der Waals surface area contributed by atoms with Gasteiger partial charge in [-0.3, -0.25) is 4.79 Å². The molecule has 1 aromatic carbocycles. The Morgan fingerprint density at radius 2 is 1.78 bits per heavy atom. The summed E-state index contributed by atoms with van der Waals surface area (Å²) in [5.41, 5.74) is 4.14. The summed E-state index contributed by atoms with van der Waals surface area (Å²) in [6.45, 7) is 9.59. The summed E-state index contributed by atoms with van der Waals surface area (Å²) in [7, 11) is 0. The molecule has 1 nitrogen and oxygen atoms in total. The highest BCUT2D eigenvalue weighted by molar-refractivity contribution is 7.14. The Kier molecular flexibility index (Phi) is 3.48. The average Bonchev–Trinajstić information content (AvgIpc) is 2.71. The van der Waals surface area contributed by atoms with Crippen LogP contribution in [0.1, 0.15) is 27.0 Å². The minimum absolute atomic E-state index is 0.0430. The second-order valence-corrected chi connectivity index (χ2v) is 5.81. The largest absolute Gasteiger partial charge is 0.288 e. The van der Waals surface area contributed by atoms with Gasteiger partial charge in [0.2, 0.25) is 0 Å². The molecule has 0 fully saturated rings. The van der Waals surface area contributed by atoms with E-state index in [4.69, 9.17) is 0 Å². The molecule has 0 N–H and O–H groups in total. The number of aryl methyl sites for hydroxylation is 2. The van der Waals surface area contributed by atoms with Gasteiger partial charge in [-0.25, -0.2) is 0 Å². The van der Waals surface area contributed by atoms with Crippen LogP contribution in [0.25, 0.3) is 11.1 Å². The number of Topliss-reactive ketones (excluding diaryl/α,β-unsaturated/α-hetero) is 1. The maximum absolute atomic E-state index is 11.9. The van der Waals surface area contributed by atoms with Gasteiger partial charge in [0.15, 0.2) is 5.78 Å². The molecule has 0 aliphatic heterocycles. The molecule has 0 saturated carbocycles. The van der Waals surface area contributed by atoms with E-state index in [2.05, 4.69) is 44.7 Å². The number of allylic oxidation sites excluding steroid dienone is 1. The number of ketones is 1. The standard InChI is InChI=1S/C16H16OS/c1-10(2)16(17)15-9-14(12(4)18-15)13-7-5-11(3)6-8-13/h5-9H,1H2,2-4H3. The highest BCUT2D eigenvalue weighted by Crippen LogP contribution is 2.32. The van der Waals surface area contributed by atoms with Crippen LogP contribution in [-0.2, 0) is 0 Å². The SMILES string of the molecule is C=C(C)C(=O)c1cc(-c2ccc(C)cc2)c(C)s1. The zero-order valence-electron chi connectivity index (χ0n) is 10.9. The van der Waals surface area contributed by atoms with Gasteiger partial charge in [-0.1, -0.05) is 36.4 Å². The molecule has 0 spiro atoms. The summed E-state index contributed by atoms with van der Waals surface area (Å²) in [6.07, 6.45) is 0. The first-order chi connectivity index (χ1) is 8.49. The Balaban J connectivity index is 2.44. The van der Waals surface area contributed by atoms with Crippen molar-refractivity contribution in [1.29, 1.82) is 0 Å². The molecule has 1 heterocycles. The molecular weight excluding hydrogens is 240 g/mol. The van der Waals surface area contributed by atoms with Crippen LogP contribution in [0.2, 0.25) is 0 Å². The topological polar surface area (TPSA) is 17.1 Å². The van der Waals surface area contributed by atoms with Gasteiger partial charge in [0.1, 0.15) is 0 Å². The quantitative estimate of drug-likeness (QED) is 0.570. The minimum atomic E-state index is 0.0430. The molecule has 18 heavy (non-hydrogen) atoms. The van der Waals surface area contributed by atoms with E-state index in [0.29, 0.717) is 5.57 Å². The summed E-state index contributed by atoms with van der Waals surface area (Å²) in [5.74, 6) is 0.0430. The summed E-state index contributed by atoms with van der Waals surface area (Å²) in [4.78, 5) is 13.8.